The second-order valence-corrected chi connectivity index (χ2v) is 9.72. The van der Waals surface area contributed by atoms with Gasteiger partial charge in [0.15, 0.2) is 0 Å². The van der Waals surface area contributed by atoms with Crippen molar-refractivity contribution in [2.45, 2.75) is 31.2 Å². The third kappa shape index (κ3) is 4.16. The van der Waals surface area contributed by atoms with Gasteiger partial charge in [0.2, 0.25) is 0 Å². The molecule has 166 valence electrons. The molecule has 7 nitrogen and oxygen atoms in total. The Hall–Kier alpha value is -3.10. The van der Waals surface area contributed by atoms with Gasteiger partial charge in [-0.25, -0.2) is 8.42 Å². The van der Waals surface area contributed by atoms with Crippen LogP contribution in [0.15, 0.2) is 70.5 Å². The van der Waals surface area contributed by atoms with Crippen LogP contribution in [-0.4, -0.2) is 25.4 Å². The van der Waals surface area contributed by atoms with Gasteiger partial charge in [-0.1, -0.05) is 29.8 Å². The number of nitrogens with one attached hydrogen (secondary N) is 1. The molecule has 3 aromatic rings. The number of amides is 1. The first-order chi connectivity index (χ1) is 15.3. The van der Waals surface area contributed by atoms with E-state index in [2.05, 4.69) is 5.32 Å². The lowest BCUT2D eigenvalue weighted by molar-refractivity contribution is 0.102. The summed E-state index contributed by atoms with van der Waals surface area (Å²) in [6.07, 6.45) is 3.06. The Bertz CT molecular complexity index is 1350. The van der Waals surface area contributed by atoms with E-state index in [4.69, 9.17) is 11.6 Å². The summed E-state index contributed by atoms with van der Waals surface area (Å²) < 4.78 is 29.7. The first-order valence-electron chi connectivity index (χ1n) is 10.2. The smallest absolute Gasteiger partial charge is 0.264 e. The standard InChI is InChI=1S/C23H22ClN3O4S/c1-2-26-15-17(9-12-22(26)28)25-23(29)19-14-18(10-11-20(19)24)32(30,31)27-13-5-7-16-6-3-4-8-21(16)27/h3-4,6,8-12,14-15H,2,5,7,13H2,1H3,(H,25,29). The van der Waals surface area contributed by atoms with Crippen molar-refractivity contribution >= 4 is 38.9 Å². The summed E-state index contributed by atoms with van der Waals surface area (Å²) >= 11 is 6.23. The quantitative estimate of drug-likeness (QED) is 0.611. The van der Waals surface area contributed by atoms with Crippen LogP contribution in [0.2, 0.25) is 5.02 Å². The molecule has 0 saturated heterocycles. The molecule has 32 heavy (non-hydrogen) atoms. The van der Waals surface area contributed by atoms with E-state index >= 15 is 0 Å². The number of nitrogens with zero attached hydrogens (tertiary/aromatic N) is 2. The zero-order chi connectivity index (χ0) is 22.9. The minimum Gasteiger partial charge on any atom is -0.321 e. The van der Waals surface area contributed by atoms with Crippen LogP contribution in [0.25, 0.3) is 0 Å². The predicted molar refractivity (Wildman–Crippen MR) is 125 cm³/mol. The van der Waals surface area contributed by atoms with Crippen molar-refractivity contribution in [2.24, 2.45) is 0 Å². The van der Waals surface area contributed by atoms with E-state index in [1.807, 2.05) is 25.1 Å². The molecule has 4 rings (SSSR count). The lowest BCUT2D eigenvalue weighted by Crippen LogP contribution is -2.35. The first-order valence-corrected chi connectivity index (χ1v) is 12.0. The SMILES string of the molecule is CCn1cc(NC(=O)c2cc(S(=O)(=O)N3CCCc4ccccc43)ccc2Cl)ccc1=O. The number of aryl methyl sites for hydroxylation is 2. The molecule has 0 bridgehead atoms. The van der Waals surface area contributed by atoms with Crippen LogP contribution >= 0.6 is 11.6 Å². The van der Waals surface area contributed by atoms with E-state index in [1.54, 1.807) is 6.07 Å². The highest BCUT2D eigenvalue weighted by Gasteiger charge is 2.30. The Kier molecular flexibility index (Phi) is 6.08. The molecule has 0 radical (unpaired) electrons. The number of pyridine rings is 1. The van der Waals surface area contributed by atoms with Crippen LogP contribution in [0.3, 0.4) is 0 Å². The van der Waals surface area contributed by atoms with Crippen molar-refractivity contribution in [1.82, 2.24) is 4.57 Å². The molecule has 0 fully saturated rings. The molecule has 1 aromatic heterocycles. The highest BCUT2D eigenvalue weighted by Crippen LogP contribution is 2.33. The Morgan fingerprint density at radius 1 is 1.12 bits per heavy atom. The van der Waals surface area contributed by atoms with Crippen LogP contribution in [0.4, 0.5) is 11.4 Å². The fraction of sp³-hybridized carbons (Fsp3) is 0.217. The van der Waals surface area contributed by atoms with Gasteiger partial charge in [-0.2, -0.15) is 0 Å². The van der Waals surface area contributed by atoms with Gasteiger partial charge in [-0.3, -0.25) is 13.9 Å². The molecule has 0 atom stereocenters. The van der Waals surface area contributed by atoms with Crippen LogP contribution in [0.5, 0.6) is 0 Å². The second-order valence-electron chi connectivity index (χ2n) is 7.45. The molecule has 9 heteroatoms. The predicted octanol–water partition coefficient (Wildman–Crippen LogP) is 3.92. The number of aromatic nitrogens is 1. The molecule has 1 N–H and O–H groups in total. The molecule has 0 aliphatic carbocycles. The van der Waals surface area contributed by atoms with Crippen molar-refractivity contribution in [1.29, 1.82) is 0 Å². The van der Waals surface area contributed by atoms with Crippen molar-refractivity contribution < 1.29 is 13.2 Å². The summed E-state index contributed by atoms with van der Waals surface area (Å²) in [7, 11) is -3.89. The van der Waals surface area contributed by atoms with E-state index in [9.17, 15) is 18.0 Å². The monoisotopic (exact) mass is 471 g/mol. The van der Waals surface area contributed by atoms with E-state index in [0.717, 1.165) is 12.0 Å². The molecular formula is C23H22ClN3O4S. The highest BCUT2D eigenvalue weighted by molar-refractivity contribution is 7.92. The summed E-state index contributed by atoms with van der Waals surface area (Å²) in [6.45, 7) is 2.63. The Balaban J connectivity index is 1.67. The van der Waals surface area contributed by atoms with Crippen molar-refractivity contribution in [3.05, 3.63) is 87.3 Å². The topological polar surface area (TPSA) is 88.5 Å². The first kappa shape index (κ1) is 22.1. The maximum Gasteiger partial charge on any atom is 0.264 e. The number of carbonyl (C=O) groups excluding carboxylic acids is 1. The van der Waals surface area contributed by atoms with Gasteiger partial charge < -0.3 is 9.88 Å². The Morgan fingerprint density at radius 2 is 1.91 bits per heavy atom. The largest absolute Gasteiger partial charge is 0.321 e. The average molecular weight is 472 g/mol. The van der Waals surface area contributed by atoms with E-state index in [0.29, 0.717) is 30.9 Å². The van der Waals surface area contributed by atoms with Gasteiger partial charge in [0.05, 0.1) is 26.9 Å². The number of hydrogen-bond donors (Lipinski definition) is 1. The number of anilines is 2. The third-order valence-corrected chi connectivity index (χ3v) is 7.56. The molecule has 1 amide bonds. The fourth-order valence-electron chi connectivity index (χ4n) is 3.77. The molecule has 2 heterocycles. The summed E-state index contributed by atoms with van der Waals surface area (Å²) in [5.41, 5.74) is 1.89. The minimum atomic E-state index is -3.89. The molecule has 0 spiro atoms. The van der Waals surface area contributed by atoms with Gasteiger partial charge in [0.25, 0.3) is 21.5 Å². The third-order valence-electron chi connectivity index (χ3n) is 5.42. The van der Waals surface area contributed by atoms with Crippen LogP contribution < -0.4 is 15.2 Å². The maximum absolute atomic E-state index is 13.4. The van der Waals surface area contributed by atoms with E-state index in [-0.39, 0.29) is 21.0 Å². The van der Waals surface area contributed by atoms with Crippen LogP contribution in [0.1, 0.15) is 29.3 Å². The van der Waals surface area contributed by atoms with Crippen molar-refractivity contribution in [3.8, 4) is 0 Å². The molecule has 0 unspecified atom stereocenters. The van der Waals surface area contributed by atoms with Gasteiger partial charge in [0.1, 0.15) is 0 Å². The lowest BCUT2D eigenvalue weighted by atomic mass is 10.0. The molecule has 2 aromatic carbocycles. The van der Waals surface area contributed by atoms with Crippen molar-refractivity contribution in [3.63, 3.8) is 0 Å². The zero-order valence-electron chi connectivity index (χ0n) is 17.4. The minimum absolute atomic E-state index is 0.0118. The molecule has 1 aliphatic rings. The number of para-hydroxylation sites is 1. The maximum atomic E-state index is 13.4. The number of hydrogen-bond acceptors (Lipinski definition) is 4. The summed E-state index contributed by atoms with van der Waals surface area (Å²) in [4.78, 5) is 24.6. The number of rotatable bonds is 5. The van der Waals surface area contributed by atoms with Gasteiger partial charge in [-0.15, -0.1) is 0 Å². The number of carbonyl (C=O) groups is 1. The number of halogens is 1. The van der Waals surface area contributed by atoms with Crippen molar-refractivity contribution in [2.75, 3.05) is 16.2 Å². The summed E-state index contributed by atoms with van der Waals surface area (Å²) in [5.74, 6) is -0.563. The number of sulfonamides is 1. The molecule has 1 aliphatic heterocycles. The molecular weight excluding hydrogens is 450 g/mol. The van der Waals surface area contributed by atoms with E-state index < -0.39 is 15.9 Å². The normalized spacial score (nSPS) is 13.5. The lowest BCUT2D eigenvalue weighted by Gasteiger charge is -2.30. The summed E-state index contributed by atoms with van der Waals surface area (Å²) in [6, 6.07) is 14.4. The van der Waals surface area contributed by atoms with Crippen LogP contribution in [-0.2, 0) is 23.0 Å². The number of fused-ring (bicyclic) bond motifs is 1. The second kappa shape index (κ2) is 8.80. The summed E-state index contributed by atoms with van der Waals surface area (Å²) in [5, 5.41) is 2.81. The van der Waals surface area contributed by atoms with Crippen LogP contribution in [0, 0.1) is 0 Å². The van der Waals surface area contributed by atoms with Gasteiger partial charge >= 0.3 is 0 Å². The van der Waals surface area contributed by atoms with Gasteiger partial charge in [0, 0.05) is 25.4 Å². The Labute approximate surface area is 191 Å². The Morgan fingerprint density at radius 3 is 2.69 bits per heavy atom. The zero-order valence-corrected chi connectivity index (χ0v) is 19.0. The average Bonchev–Trinajstić information content (AvgIpc) is 2.80. The van der Waals surface area contributed by atoms with Gasteiger partial charge in [-0.05, 0) is 55.7 Å². The molecule has 0 saturated carbocycles. The highest BCUT2D eigenvalue weighted by atomic mass is 35.5. The van der Waals surface area contributed by atoms with E-state index in [1.165, 1.54) is 45.4 Å². The number of benzene rings is 2. The fourth-order valence-corrected chi connectivity index (χ4v) is 5.54.